The first-order chi connectivity index (χ1) is 9.60. The SMILES string of the molecule is Cc1c(C=O)cccc1NC(=O)Nc1cccc(Cl)c1. The van der Waals surface area contributed by atoms with Gasteiger partial charge in [0.1, 0.15) is 6.29 Å². The number of anilines is 2. The fourth-order valence-corrected chi connectivity index (χ4v) is 1.96. The van der Waals surface area contributed by atoms with Crippen LogP contribution in [0.4, 0.5) is 16.2 Å². The third-order valence-corrected chi connectivity index (χ3v) is 3.07. The third-order valence-electron chi connectivity index (χ3n) is 2.83. The van der Waals surface area contributed by atoms with Crippen LogP contribution in [-0.2, 0) is 0 Å². The van der Waals surface area contributed by atoms with Gasteiger partial charge < -0.3 is 10.6 Å². The van der Waals surface area contributed by atoms with E-state index in [1.807, 2.05) is 0 Å². The molecule has 0 heterocycles. The van der Waals surface area contributed by atoms with E-state index in [2.05, 4.69) is 10.6 Å². The second-order valence-electron chi connectivity index (χ2n) is 4.23. The van der Waals surface area contributed by atoms with Crippen molar-refractivity contribution in [3.63, 3.8) is 0 Å². The fourth-order valence-electron chi connectivity index (χ4n) is 1.77. The van der Waals surface area contributed by atoms with E-state index >= 15 is 0 Å². The number of rotatable bonds is 3. The summed E-state index contributed by atoms with van der Waals surface area (Å²) in [7, 11) is 0. The van der Waals surface area contributed by atoms with Gasteiger partial charge in [-0.1, -0.05) is 29.8 Å². The molecule has 0 aromatic heterocycles. The maximum Gasteiger partial charge on any atom is 0.323 e. The Hall–Kier alpha value is -2.33. The number of carbonyl (C=O) groups is 2. The van der Waals surface area contributed by atoms with Gasteiger partial charge in [0.25, 0.3) is 0 Å². The molecule has 2 N–H and O–H groups in total. The molecule has 2 amide bonds. The van der Waals surface area contributed by atoms with Gasteiger partial charge in [-0.25, -0.2) is 4.79 Å². The van der Waals surface area contributed by atoms with Gasteiger partial charge in [0.05, 0.1) is 0 Å². The molecular formula is C15H13ClN2O2. The van der Waals surface area contributed by atoms with E-state index < -0.39 is 6.03 Å². The van der Waals surface area contributed by atoms with Gasteiger partial charge in [0, 0.05) is 22.0 Å². The first-order valence-corrected chi connectivity index (χ1v) is 6.36. The van der Waals surface area contributed by atoms with Crippen LogP contribution in [0.15, 0.2) is 42.5 Å². The molecule has 0 saturated heterocycles. The van der Waals surface area contributed by atoms with Crippen LogP contribution < -0.4 is 10.6 Å². The van der Waals surface area contributed by atoms with E-state index in [0.29, 0.717) is 22.0 Å². The largest absolute Gasteiger partial charge is 0.323 e. The predicted molar refractivity (Wildman–Crippen MR) is 80.7 cm³/mol. The normalized spacial score (nSPS) is 9.90. The van der Waals surface area contributed by atoms with Crippen molar-refractivity contribution in [1.29, 1.82) is 0 Å². The van der Waals surface area contributed by atoms with Gasteiger partial charge in [-0.3, -0.25) is 4.79 Å². The molecule has 4 nitrogen and oxygen atoms in total. The minimum atomic E-state index is -0.390. The topological polar surface area (TPSA) is 58.2 Å². The molecule has 0 aliphatic carbocycles. The molecular weight excluding hydrogens is 276 g/mol. The first kappa shape index (κ1) is 14.1. The van der Waals surface area contributed by atoms with Crippen LogP contribution in [-0.4, -0.2) is 12.3 Å². The molecule has 2 aromatic rings. The molecule has 0 saturated carbocycles. The van der Waals surface area contributed by atoms with Crippen molar-refractivity contribution in [3.05, 3.63) is 58.6 Å². The highest BCUT2D eigenvalue weighted by atomic mass is 35.5. The monoisotopic (exact) mass is 288 g/mol. The van der Waals surface area contributed by atoms with E-state index in [0.717, 1.165) is 11.8 Å². The highest BCUT2D eigenvalue weighted by Crippen LogP contribution is 2.19. The van der Waals surface area contributed by atoms with Crippen molar-refractivity contribution in [2.75, 3.05) is 10.6 Å². The van der Waals surface area contributed by atoms with Crippen LogP contribution in [0.25, 0.3) is 0 Å². The number of amides is 2. The lowest BCUT2D eigenvalue weighted by molar-refractivity contribution is 0.112. The molecule has 0 radical (unpaired) electrons. The number of halogens is 1. The number of benzene rings is 2. The van der Waals surface area contributed by atoms with E-state index in [9.17, 15) is 9.59 Å². The van der Waals surface area contributed by atoms with Crippen molar-refractivity contribution in [2.24, 2.45) is 0 Å². The number of aldehydes is 1. The van der Waals surface area contributed by atoms with Crippen molar-refractivity contribution in [3.8, 4) is 0 Å². The summed E-state index contributed by atoms with van der Waals surface area (Å²) in [6.07, 6.45) is 0.759. The maximum atomic E-state index is 11.9. The average Bonchev–Trinajstić information content (AvgIpc) is 2.41. The van der Waals surface area contributed by atoms with E-state index in [1.54, 1.807) is 49.4 Å². The Labute approximate surface area is 121 Å². The van der Waals surface area contributed by atoms with Gasteiger partial charge >= 0.3 is 6.03 Å². The molecule has 0 fully saturated rings. The first-order valence-electron chi connectivity index (χ1n) is 5.98. The number of hydrogen-bond acceptors (Lipinski definition) is 2. The van der Waals surface area contributed by atoms with Crippen LogP contribution in [0.1, 0.15) is 15.9 Å². The summed E-state index contributed by atoms with van der Waals surface area (Å²) >= 11 is 5.84. The summed E-state index contributed by atoms with van der Waals surface area (Å²) in [4.78, 5) is 22.7. The molecule has 0 bridgehead atoms. The second kappa shape index (κ2) is 6.21. The highest BCUT2D eigenvalue weighted by molar-refractivity contribution is 6.30. The molecule has 2 aromatic carbocycles. The molecule has 0 unspecified atom stereocenters. The van der Waals surface area contributed by atoms with Crippen molar-refractivity contribution in [1.82, 2.24) is 0 Å². The zero-order chi connectivity index (χ0) is 14.5. The molecule has 0 spiro atoms. The Balaban J connectivity index is 2.10. The molecule has 2 rings (SSSR count). The molecule has 5 heteroatoms. The van der Waals surface area contributed by atoms with Gasteiger partial charge in [0.15, 0.2) is 0 Å². The molecule has 0 aliphatic rings. The lowest BCUT2D eigenvalue weighted by Gasteiger charge is -2.11. The number of hydrogen-bond donors (Lipinski definition) is 2. The molecule has 0 aliphatic heterocycles. The van der Waals surface area contributed by atoms with Gasteiger partial charge in [-0.15, -0.1) is 0 Å². The number of nitrogens with one attached hydrogen (secondary N) is 2. The molecule has 102 valence electrons. The van der Waals surface area contributed by atoms with Gasteiger partial charge in [-0.05, 0) is 36.8 Å². The van der Waals surface area contributed by atoms with E-state index in [1.165, 1.54) is 0 Å². The fraction of sp³-hybridized carbons (Fsp3) is 0.0667. The minimum absolute atomic E-state index is 0.390. The van der Waals surface area contributed by atoms with Crippen LogP contribution in [0.2, 0.25) is 5.02 Å². The van der Waals surface area contributed by atoms with E-state index in [4.69, 9.17) is 11.6 Å². The van der Waals surface area contributed by atoms with Crippen LogP contribution >= 0.6 is 11.6 Å². The van der Waals surface area contributed by atoms with Crippen LogP contribution in [0.3, 0.4) is 0 Å². The van der Waals surface area contributed by atoms with Gasteiger partial charge in [0.2, 0.25) is 0 Å². The summed E-state index contributed by atoms with van der Waals surface area (Å²) < 4.78 is 0. The van der Waals surface area contributed by atoms with Crippen molar-refractivity contribution < 1.29 is 9.59 Å². The number of carbonyl (C=O) groups excluding carboxylic acids is 2. The van der Waals surface area contributed by atoms with E-state index in [-0.39, 0.29) is 0 Å². The Bertz CT molecular complexity index is 656. The van der Waals surface area contributed by atoms with Crippen molar-refractivity contribution >= 4 is 35.3 Å². The second-order valence-corrected chi connectivity index (χ2v) is 4.66. The maximum absolute atomic E-state index is 11.9. The lowest BCUT2D eigenvalue weighted by Crippen LogP contribution is -2.20. The van der Waals surface area contributed by atoms with Crippen molar-refractivity contribution in [2.45, 2.75) is 6.92 Å². The summed E-state index contributed by atoms with van der Waals surface area (Å²) in [6.45, 7) is 1.78. The van der Waals surface area contributed by atoms with Crippen LogP contribution in [0.5, 0.6) is 0 Å². The average molecular weight is 289 g/mol. The predicted octanol–water partition coefficient (Wildman–Crippen LogP) is 4.10. The lowest BCUT2D eigenvalue weighted by atomic mass is 10.1. The summed E-state index contributed by atoms with van der Waals surface area (Å²) in [5, 5.41) is 5.92. The number of urea groups is 1. The van der Waals surface area contributed by atoms with Gasteiger partial charge in [-0.2, -0.15) is 0 Å². The molecule has 20 heavy (non-hydrogen) atoms. The highest BCUT2D eigenvalue weighted by Gasteiger charge is 2.07. The Kier molecular flexibility index (Phi) is 4.38. The minimum Gasteiger partial charge on any atom is -0.308 e. The van der Waals surface area contributed by atoms with Crippen LogP contribution in [0, 0.1) is 6.92 Å². The Morgan fingerprint density at radius 1 is 1.15 bits per heavy atom. The smallest absolute Gasteiger partial charge is 0.308 e. The summed E-state index contributed by atoms with van der Waals surface area (Å²) in [6, 6.07) is 11.6. The summed E-state index contributed by atoms with van der Waals surface area (Å²) in [5.74, 6) is 0. The molecule has 0 atom stereocenters. The Morgan fingerprint density at radius 2 is 1.90 bits per heavy atom. The third kappa shape index (κ3) is 3.36. The quantitative estimate of drug-likeness (QED) is 0.835. The zero-order valence-corrected chi connectivity index (χ0v) is 11.6. The summed E-state index contributed by atoms with van der Waals surface area (Å²) in [5.41, 5.74) is 2.46. The standard InChI is InChI=1S/C15H13ClN2O2/c1-10-11(9-19)4-2-7-14(10)18-15(20)17-13-6-3-5-12(16)8-13/h2-9H,1H3,(H2,17,18,20). The zero-order valence-electron chi connectivity index (χ0n) is 10.8. The Morgan fingerprint density at radius 3 is 2.60 bits per heavy atom.